The fourth-order valence-corrected chi connectivity index (χ4v) is 1.56. The van der Waals surface area contributed by atoms with Crippen LogP contribution in [-0.4, -0.2) is 52.7 Å². The number of carboxylic acid groups (broad SMARTS) is 2. The first-order valence-corrected chi connectivity index (χ1v) is 5.52. The Kier molecular flexibility index (Phi) is 8.00. The summed E-state index contributed by atoms with van der Waals surface area (Å²) in [5.74, 6) is -2.00. The Balaban J connectivity index is 4.51. The minimum absolute atomic E-state index is 0.0864. The monoisotopic (exact) mass is 244 g/mol. The van der Waals surface area contributed by atoms with Crippen LogP contribution in [0, 0.1) is 0 Å². The first-order valence-electron chi connectivity index (χ1n) is 5.52. The van der Waals surface area contributed by atoms with E-state index in [0.717, 1.165) is 0 Å². The average molecular weight is 244 g/mol. The Labute approximate surface area is 101 Å². The van der Waals surface area contributed by atoms with E-state index in [4.69, 9.17) is 15.9 Å². The van der Waals surface area contributed by atoms with Gasteiger partial charge in [-0.15, -0.1) is 6.58 Å². The van der Waals surface area contributed by atoms with Gasteiger partial charge in [0.05, 0.1) is 0 Å². The van der Waals surface area contributed by atoms with Crippen molar-refractivity contribution in [1.29, 1.82) is 0 Å². The SMILES string of the molecule is C=CCN(CCCN)C(CCC(=O)O)C(=O)O. The van der Waals surface area contributed by atoms with Gasteiger partial charge < -0.3 is 15.9 Å². The molecule has 98 valence electrons. The van der Waals surface area contributed by atoms with Crippen molar-refractivity contribution >= 4 is 11.9 Å². The van der Waals surface area contributed by atoms with Gasteiger partial charge in [-0.05, 0) is 19.4 Å². The van der Waals surface area contributed by atoms with Gasteiger partial charge in [-0.2, -0.15) is 0 Å². The third kappa shape index (κ3) is 6.70. The van der Waals surface area contributed by atoms with Crippen LogP contribution in [0.3, 0.4) is 0 Å². The first-order chi connectivity index (χ1) is 8.02. The second-order valence-electron chi connectivity index (χ2n) is 3.71. The molecule has 0 amide bonds. The fourth-order valence-electron chi connectivity index (χ4n) is 1.56. The van der Waals surface area contributed by atoms with Crippen molar-refractivity contribution in [2.45, 2.75) is 25.3 Å². The van der Waals surface area contributed by atoms with Gasteiger partial charge in [-0.1, -0.05) is 6.08 Å². The van der Waals surface area contributed by atoms with Gasteiger partial charge in [-0.25, -0.2) is 0 Å². The molecule has 6 heteroatoms. The van der Waals surface area contributed by atoms with Crippen molar-refractivity contribution in [3.05, 3.63) is 12.7 Å². The molecule has 1 atom stereocenters. The smallest absolute Gasteiger partial charge is 0.320 e. The van der Waals surface area contributed by atoms with Gasteiger partial charge in [0, 0.05) is 19.5 Å². The van der Waals surface area contributed by atoms with Gasteiger partial charge in [0.15, 0.2) is 0 Å². The van der Waals surface area contributed by atoms with E-state index in [1.54, 1.807) is 11.0 Å². The maximum absolute atomic E-state index is 11.1. The Morgan fingerprint density at radius 3 is 2.47 bits per heavy atom. The largest absolute Gasteiger partial charge is 0.481 e. The molecular weight excluding hydrogens is 224 g/mol. The second-order valence-corrected chi connectivity index (χ2v) is 3.71. The zero-order chi connectivity index (χ0) is 13.3. The highest BCUT2D eigenvalue weighted by Gasteiger charge is 2.24. The van der Waals surface area contributed by atoms with Gasteiger partial charge in [0.25, 0.3) is 0 Å². The minimum atomic E-state index is -1.01. The Morgan fingerprint density at radius 2 is 2.06 bits per heavy atom. The highest BCUT2D eigenvalue weighted by molar-refractivity contribution is 5.75. The van der Waals surface area contributed by atoms with E-state index in [9.17, 15) is 9.59 Å². The van der Waals surface area contributed by atoms with Crippen LogP contribution in [0.25, 0.3) is 0 Å². The third-order valence-corrected chi connectivity index (χ3v) is 2.37. The van der Waals surface area contributed by atoms with Crippen LogP contribution >= 0.6 is 0 Å². The van der Waals surface area contributed by atoms with Crippen LogP contribution in [0.15, 0.2) is 12.7 Å². The summed E-state index contributed by atoms with van der Waals surface area (Å²) in [5.41, 5.74) is 5.38. The van der Waals surface area contributed by atoms with E-state index >= 15 is 0 Å². The maximum atomic E-state index is 11.1. The van der Waals surface area contributed by atoms with Crippen molar-refractivity contribution in [2.24, 2.45) is 5.73 Å². The summed E-state index contributed by atoms with van der Waals surface area (Å²) in [6.45, 7) is 4.97. The number of aliphatic carboxylic acids is 2. The molecule has 0 aromatic carbocycles. The van der Waals surface area contributed by atoms with Crippen LogP contribution in [0.2, 0.25) is 0 Å². The molecule has 0 spiro atoms. The van der Waals surface area contributed by atoms with Crippen molar-refractivity contribution in [3.8, 4) is 0 Å². The number of rotatable bonds is 10. The van der Waals surface area contributed by atoms with Crippen molar-refractivity contribution in [1.82, 2.24) is 4.90 Å². The summed E-state index contributed by atoms with van der Waals surface area (Å²) < 4.78 is 0. The van der Waals surface area contributed by atoms with E-state index in [0.29, 0.717) is 26.1 Å². The molecule has 0 rings (SSSR count). The van der Waals surface area contributed by atoms with E-state index in [1.165, 1.54) is 0 Å². The first kappa shape index (κ1) is 15.6. The molecule has 0 bridgehead atoms. The summed E-state index contributed by atoms with van der Waals surface area (Å²) in [6.07, 6.45) is 2.20. The fraction of sp³-hybridized carbons (Fsp3) is 0.636. The Hall–Kier alpha value is -1.40. The molecule has 6 nitrogen and oxygen atoms in total. The summed E-state index contributed by atoms with van der Waals surface area (Å²) in [6, 6.07) is -0.796. The van der Waals surface area contributed by atoms with Gasteiger partial charge in [0.2, 0.25) is 0 Å². The van der Waals surface area contributed by atoms with E-state index in [1.807, 2.05) is 0 Å². The molecule has 0 saturated heterocycles. The van der Waals surface area contributed by atoms with Crippen LogP contribution in [0.5, 0.6) is 0 Å². The lowest BCUT2D eigenvalue weighted by atomic mass is 10.1. The standard InChI is InChI=1S/C11H20N2O4/c1-2-7-13(8-3-6-12)9(11(16)17)4-5-10(14)15/h2,9H,1,3-8,12H2,(H,14,15)(H,16,17). The lowest BCUT2D eigenvalue weighted by Crippen LogP contribution is -2.42. The highest BCUT2D eigenvalue weighted by Crippen LogP contribution is 2.09. The zero-order valence-corrected chi connectivity index (χ0v) is 9.84. The van der Waals surface area contributed by atoms with Crippen molar-refractivity contribution in [3.63, 3.8) is 0 Å². The molecule has 0 aliphatic carbocycles. The van der Waals surface area contributed by atoms with Crippen LogP contribution in [0.4, 0.5) is 0 Å². The molecule has 0 aromatic rings. The van der Waals surface area contributed by atoms with Crippen molar-refractivity contribution < 1.29 is 19.8 Å². The Morgan fingerprint density at radius 1 is 1.41 bits per heavy atom. The average Bonchev–Trinajstić information content (AvgIpc) is 2.25. The number of carboxylic acids is 2. The molecule has 0 aromatic heterocycles. The van der Waals surface area contributed by atoms with E-state index < -0.39 is 18.0 Å². The minimum Gasteiger partial charge on any atom is -0.481 e. The van der Waals surface area contributed by atoms with E-state index in [-0.39, 0.29) is 12.8 Å². The topological polar surface area (TPSA) is 104 Å². The molecule has 4 N–H and O–H groups in total. The second kappa shape index (κ2) is 8.72. The zero-order valence-electron chi connectivity index (χ0n) is 9.84. The Bertz CT molecular complexity index is 268. The molecule has 0 heterocycles. The van der Waals surface area contributed by atoms with Gasteiger partial charge in [-0.3, -0.25) is 14.5 Å². The van der Waals surface area contributed by atoms with Gasteiger partial charge in [0.1, 0.15) is 6.04 Å². The summed E-state index contributed by atoms with van der Waals surface area (Å²) >= 11 is 0. The molecule has 0 aliphatic heterocycles. The van der Waals surface area contributed by atoms with Gasteiger partial charge >= 0.3 is 11.9 Å². The lowest BCUT2D eigenvalue weighted by molar-refractivity contribution is -0.144. The predicted molar refractivity (Wildman–Crippen MR) is 63.7 cm³/mol. The maximum Gasteiger partial charge on any atom is 0.320 e. The summed E-state index contributed by atoms with van der Waals surface area (Å²) in [7, 11) is 0. The molecule has 0 saturated carbocycles. The third-order valence-electron chi connectivity index (χ3n) is 2.37. The summed E-state index contributed by atoms with van der Waals surface area (Å²) in [4.78, 5) is 23.2. The van der Waals surface area contributed by atoms with Crippen molar-refractivity contribution in [2.75, 3.05) is 19.6 Å². The normalized spacial score (nSPS) is 12.4. The van der Waals surface area contributed by atoms with Crippen LogP contribution < -0.4 is 5.73 Å². The number of hydrogen-bond acceptors (Lipinski definition) is 4. The molecule has 0 radical (unpaired) electrons. The van der Waals surface area contributed by atoms with E-state index in [2.05, 4.69) is 6.58 Å². The molecular formula is C11H20N2O4. The number of nitrogens with two attached hydrogens (primary N) is 1. The lowest BCUT2D eigenvalue weighted by Gasteiger charge is -2.27. The van der Waals surface area contributed by atoms with Crippen LogP contribution in [-0.2, 0) is 9.59 Å². The molecule has 0 fully saturated rings. The molecule has 0 aliphatic rings. The number of hydrogen-bond donors (Lipinski definition) is 3. The quantitative estimate of drug-likeness (QED) is 0.472. The number of nitrogens with zero attached hydrogens (tertiary/aromatic N) is 1. The molecule has 1 unspecified atom stereocenters. The highest BCUT2D eigenvalue weighted by atomic mass is 16.4. The van der Waals surface area contributed by atoms with Crippen LogP contribution in [0.1, 0.15) is 19.3 Å². The predicted octanol–water partition coefficient (Wildman–Crippen LogP) is 0.141. The number of carbonyl (C=O) groups is 2. The summed E-state index contributed by atoms with van der Waals surface area (Å²) in [5, 5.41) is 17.7. The molecule has 17 heavy (non-hydrogen) atoms.